The van der Waals surface area contributed by atoms with Crippen molar-refractivity contribution in [3.63, 3.8) is 0 Å². The van der Waals surface area contributed by atoms with Crippen molar-refractivity contribution >= 4 is 17.7 Å². The summed E-state index contributed by atoms with van der Waals surface area (Å²) in [6, 6.07) is 12.4. The molecule has 2 rings (SSSR count). The Morgan fingerprint density at radius 3 is 2.46 bits per heavy atom. The summed E-state index contributed by atoms with van der Waals surface area (Å²) in [6.07, 6.45) is 1.34. The van der Waals surface area contributed by atoms with E-state index in [0.717, 1.165) is 18.4 Å². The molecule has 192 valence electrons. The maximum atomic E-state index is 13.5. The Balaban J connectivity index is 1.90. The molecule has 1 atom stereocenters. The van der Waals surface area contributed by atoms with Crippen molar-refractivity contribution < 1.29 is 33.3 Å². The monoisotopic (exact) mass is 490 g/mol. The van der Waals surface area contributed by atoms with E-state index in [1.807, 2.05) is 0 Å². The van der Waals surface area contributed by atoms with Gasteiger partial charge in [0, 0.05) is 31.9 Å². The van der Waals surface area contributed by atoms with Gasteiger partial charge in [0.1, 0.15) is 18.2 Å². The van der Waals surface area contributed by atoms with Crippen LogP contribution in [0.4, 0.5) is 14.9 Å². The number of anilines is 1. The summed E-state index contributed by atoms with van der Waals surface area (Å²) in [5.74, 6) is -0.830. The third kappa shape index (κ3) is 10.7. The molecule has 2 amide bonds. The van der Waals surface area contributed by atoms with Crippen molar-refractivity contribution in [1.82, 2.24) is 4.90 Å². The number of amides is 2. The molecule has 0 aromatic heterocycles. The van der Waals surface area contributed by atoms with Gasteiger partial charge >= 0.3 is 12.0 Å². The summed E-state index contributed by atoms with van der Waals surface area (Å²) in [4.78, 5) is 25.6. The number of halogens is 1. The van der Waals surface area contributed by atoms with E-state index >= 15 is 0 Å². The number of nitrogens with one attached hydrogen (secondary N) is 1. The largest absolute Gasteiger partial charge is 0.492 e. The molecule has 0 aliphatic carbocycles. The van der Waals surface area contributed by atoms with E-state index in [4.69, 9.17) is 14.2 Å². The van der Waals surface area contributed by atoms with Crippen molar-refractivity contribution in [3.8, 4) is 5.75 Å². The summed E-state index contributed by atoms with van der Waals surface area (Å²) in [7, 11) is 0. The van der Waals surface area contributed by atoms with Crippen molar-refractivity contribution in [1.29, 1.82) is 0 Å². The molecular formula is C26H35FN2O6. The van der Waals surface area contributed by atoms with Gasteiger partial charge in [-0.05, 0) is 49.2 Å². The molecule has 35 heavy (non-hydrogen) atoms. The first kappa shape index (κ1) is 28.1. The van der Waals surface area contributed by atoms with Crippen LogP contribution < -0.4 is 10.1 Å². The number of carbonyl (C=O) groups excluding carboxylic acids is 1. The van der Waals surface area contributed by atoms with Gasteiger partial charge in [-0.3, -0.25) is 0 Å². The first-order valence-electron chi connectivity index (χ1n) is 11.9. The van der Waals surface area contributed by atoms with Gasteiger partial charge in [-0.2, -0.15) is 0 Å². The molecule has 0 aliphatic rings. The van der Waals surface area contributed by atoms with Crippen LogP contribution in [0.2, 0.25) is 0 Å². The van der Waals surface area contributed by atoms with E-state index in [1.54, 1.807) is 42.2 Å². The number of hydrogen-bond donors (Lipinski definition) is 2. The molecule has 1 unspecified atom stereocenters. The van der Waals surface area contributed by atoms with E-state index in [2.05, 4.69) is 12.2 Å². The Hall–Kier alpha value is -3.17. The molecule has 0 aliphatic heterocycles. The Morgan fingerprint density at radius 2 is 1.80 bits per heavy atom. The molecule has 2 N–H and O–H groups in total. The number of unbranched alkanes of at least 4 members (excludes halogenated alkanes) is 1. The zero-order valence-corrected chi connectivity index (χ0v) is 20.4. The summed E-state index contributed by atoms with van der Waals surface area (Å²) < 4.78 is 30.1. The minimum atomic E-state index is -0.998. The van der Waals surface area contributed by atoms with E-state index < -0.39 is 17.9 Å². The summed E-state index contributed by atoms with van der Waals surface area (Å²) >= 11 is 0. The molecule has 0 saturated carbocycles. The number of carboxylic acid groups (broad SMARTS) is 1. The lowest BCUT2D eigenvalue weighted by Crippen LogP contribution is -2.40. The molecule has 0 spiro atoms. The minimum Gasteiger partial charge on any atom is -0.492 e. The van der Waals surface area contributed by atoms with Crippen molar-refractivity contribution in [2.75, 3.05) is 44.8 Å². The molecule has 9 heteroatoms. The molecule has 0 radical (unpaired) electrons. The second-order valence-corrected chi connectivity index (χ2v) is 7.87. The van der Waals surface area contributed by atoms with Crippen molar-refractivity contribution in [2.24, 2.45) is 0 Å². The van der Waals surface area contributed by atoms with E-state index in [0.29, 0.717) is 44.3 Å². The minimum absolute atomic E-state index is 0.238. The highest BCUT2D eigenvalue weighted by atomic mass is 19.1. The third-order valence-electron chi connectivity index (χ3n) is 5.13. The van der Waals surface area contributed by atoms with Crippen LogP contribution >= 0.6 is 0 Å². The molecule has 0 bridgehead atoms. The zero-order valence-electron chi connectivity index (χ0n) is 20.4. The van der Waals surface area contributed by atoms with E-state index in [-0.39, 0.29) is 19.1 Å². The predicted molar refractivity (Wildman–Crippen MR) is 131 cm³/mol. The number of rotatable bonds is 16. The van der Waals surface area contributed by atoms with Gasteiger partial charge in [-0.15, -0.1) is 0 Å². The molecule has 8 nitrogen and oxygen atoms in total. The van der Waals surface area contributed by atoms with Crippen LogP contribution in [0.3, 0.4) is 0 Å². The third-order valence-corrected chi connectivity index (χ3v) is 5.13. The van der Waals surface area contributed by atoms with Gasteiger partial charge in [0.25, 0.3) is 0 Å². The van der Waals surface area contributed by atoms with Crippen LogP contribution in [0.5, 0.6) is 5.75 Å². The number of carbonyl (C=O) groups is 2. The smallest absolute Gasteiger partial charge is 0.333 e. The van der Waals surface area contributed by atoms with Crippen LogP contribution in [0.25, 0.3) is 0 Å². The summed E-state index contributed by atoms with van der Waals surface area (Å²) in [5.41, 5.74) is 1.19. The second-order valence-electron chi connectivity index (χ2n) is 7.87. The van der Waals surface area contributed by atoms with Crippen LogP contribution in [0.1, 0.15) is 32.3 Å². The van der Waals surface area contributed by atoms with Crippen LogP contribution in [0.15, 0.2) is 48.5 Å². The highest BCUT2D eigenvalue weighted by Crippen LogP contribution is 2.15. The highest BCUT2D eigenvalue weighted by Gasteiger charge is 2.18. The number of carboxylic acids is 1. The molecule has 2 aromatic carbocycles. The number of urea groups is 1. The number of ether oxygens (including phenoxy) is 3. The van der Waals surface area contributed by atoms with E-state index in [1.165, 1.54) is 18.2 Å². The van der Waals surface area contributed by atoms with Gasteiger partial charge in [0.05, 0.1) is 13.2 Å². The Morgan fingerprint density at radius 1 is 1.06 bits per heavy atom. The van der Waals surface area contributed by atoms with Gasteiger partial charge in [-0.25, -0.2) is 14.0 Å². The molecule has 0 heterocycles. The maximum absolute atomic E-state index is 13.5. The normalized spacial score (nSPS) is 11.6. The van der Waals surface area contributed by atoms with Crippen LogP contribution in [0, 0.1) is 5.82 Å². The average Bonchev–Trinajstić information content (AvgIpc) is 2.83. The summed E-state index contributed by atoms with van der Waals surface area (Å²) in [6.45, 7) is 6.07. The Labute approximate surface area is 206 Å². The first-order valence-corrected chi connectivity index (χ1v) is 11.9. The quantitative estimate of drug-likeness (QED) is 0.334. The van der Waals surface area contributed by atoms with Crippen LogP contribution in [-0.4, -0.2) is 67.6 Å². The molecule has 0 saturated heterocycles. The zero-order chi connectivity index (χ0) is 25.5. The highest BCUT2D eigenvalue weighted by molar-refractivity contribution is 5.89. The Kier molecular flexibility index (Phi) is 12.6. The fraction of sp³-hybridized carbons (Fsp3) is 0.462. The van der Waals surface area contributed by atoms with Gasteiger partial charge in [0.15, 0.2) is 6.10 Å². The lowest BCUT2D eigenvalue weighted by Gasteiger charge is -2.23. The first-order chi connectivity index (χ1) is 16.9. The number of hydrogen-bond acceptors (Lipinski definition) is 5. The molecule has 2 aromatic rings. The van der Waals surface area contributed by atoms with Crippen LogP contribution in [-0.2, 0) is 20.7 Å². The molecule has 0 fully saturated rings. The predicted octanol–water partition coefficient (Wildman–Crippen LogP) is 4.59. The standard InChI is InChI=1S/C26H35FN2O6/c1-3-5-15-33-16-13-29(26(32)28-22-8-6-7-21(27)19-22)14-17-35-23-11-9-20(10-12-23)18-24(25(30)31)34-4-2/h6-12,19,24H,3-5,13-18H2,1-2H3,(H,28,32)(H,30,31). The van der Waals surface area contributed by atoms with Gasteiger partial charge in [-0.1, -0.05) is 31.5 Å². The second kappa shape index (κ2) is 15.7. The average molecular weight is 491 g/mol. The Bertz CT molecular complexity index is 909. The number of nitrogens with zero attached hydrogens (tertiary/aromatic N) is 1. The summed E-state index contributed by atoms with van der Waals surface area (Å²) in [5, 5.41) is 11.9. The lowest BCUT2D eigenvalue weighted by molar-refractivity contribution is -0.149. The fourth-order valence-electron chi connectivity index (χ4n) is 3.24. The SMILES string of the molecule is CCCCOCCN(CCOc1ccc(CC(OCC)C(=O)O)cc1)C(=O)Nc1cccc(F)c1. The fourth-order valence-corrected chi connectivity index (χ4v) is 3.24. The van der Waals surface area contributed by atoms with Gasteiger partial charge in [0.2, 0.25) is 0 Å². The molecular weight excluding hydrogens is 455 g/mol. The number of aliphatic carboxylic acids is 1. The lowest BCUT2D eigenvalue weighted by atomic mass is 10.1. The topological polar surface area (TPSA) is 97.3 Å². The number of benzene rings is 2. The van der Waals surface area contributed by atoms with Crippen molar-refractivity contribution in [3.05, 3.63) is 59.9 Å². The van der Waals surface area contributed by atoms with E-state index in [9.17, 15) is 19.1 Å². The van der Waals surface area contributed by atoms with Crippen molar-refractivity contribution in [2.45, 2.75) is 39.2 Å². The van der Waals surface area contributed by atoms with Gasteiger partial charge < -0.3 is 29.5 Å². The maximum Gasteiger partial charge on any atom is 0.333 e.